The number of hydrogen-bond acceptors (Lipinski definition) is 2. The van der Waals surface area contributed by atoms with Crippen LogP contribution in [-0.2, 0) is 6.42 Å². The van der Waals surface area contributed by atoms with Crippen LogP contribution in [0.5, 0.6) is 0 Å². The molecule has 0 aliphatic rings. The molecule has 1 aromatic heterocycles. The number of benzene rings is 2. The van der Waals surface area contributed by atoms with E-state index >= 15 is 0 Å². The summed E-state index contributed by atoms with van der Waals surface area (Å²) in [5, 5.41) is 7.74. The summed E-state index contributed by atoms with van der Waals surface area (Å²) in [7, 11) is 0. The van der Waals surface area contributed by atoms with Crippen molar-refractivity contribution >= 4 is 22.3 Å². The summed E-state index contributed by atoms with van der Waals surface area (Å²) >= 11 is 0. The average Bonchev–Trinajstić information content (AvgIpc) is 2.91. The Morgan fingerprint density at radius 1 is 1.05 bits per heavy atom. The standard InChI is InChI=1S/C18H19N3/c1-3-14-8-10-15(11-9-14)20-13(2)21-18-12-19-17-7-5-4-6-16(17)18/h4-12,19-21H,2-3H2,1H3. The number of aromatic nitrogens is 1. The first-order valence-electron chi connectivity index (χ1n) is 7.14. The number of nitrogens with one attached hydrogen (secondary N) is 3. The first-order chi connectivity index (χ1) is 10.3. The lowest BCUT2D eigenvalue weighted by molar-refractivity contribution is 1.14. The van der Waals surface area contributed by atoms with Gasteiger partial charge in [0.15, 0.2) is 0 Å². The van der Waals surface area contributed by atoms with Crippen LogP contribution in [0.1, 0.15) is 12.5 Å². The Kier molecular flexibility index (Phi) is 3.65. The van der Waals surface area contributed by atoms with Gasteiger partial charge in [-0.05, 0) is 30.2 Å². The fraction of sp³-hybridized carbons (Fsp3) is 0.111. The van der Waals surface area contributed by atoms with Crippen molar-refractivity contribution in [2.24, 2.45) is 0 Å². The van der Waals surface area contributed by atoms with Crippen LogP contribution in [0.4, 0.5) is 11.4 Å². The van der Waals surface area contributed by atoms with Gasteiger partial charge in [0.05, 0.1) is 5.69 Å². The summed E-state index contributed by atoms with van der Waals surface area (Å²) in [5.74, 6) is 0.754. The van der Waals surface area contributed by atoms with Gasteiger partial charge in [-0.3, -0.25) is 0 Å². The molecule has 1 heterocycles. The summed E-state index contributed by atoms with van der Waals surface area (Å²) in [5.41, 5.74) is 4.49. The maximum Gasteiger partial charge on any atom is 0.100 e. The Bertz CT molecular complexity index is 753. The van der Waals surface area contributed by atoms with Crippen LogP contribution >= 0.6 is 0 Å². The fourth-order valence-corrected chi connectivity index (χ4v) is 2.37. The van der Waals surface area contributed by atoms with Gasteiger partial charge in [0.25, 0.3) is 0 Å². The molecule has 0 radical (unpaired) electrons. The minimum Gasteiger partial charge on any atom is -0.359 e. The fourth-order valence-electron chi connectivity index (χ4n) is 2.37. The molecule has 0 atom stereocenters. The van der Waals surface area contributed by atoms with Gasteiger partial charge in [0, 0.05) is 22.8 Å². The minimum absolute atomic E-state index is 0.754. The second-order valence-corrected chi connectivity index (χ2v) is 5.03. The number of aromatic amines is 1. The van der Waals surface area contributed by atoms with Crippen LogP contribution in [0, 0.1) is 0 Å². The van der Waals surface area contributed by atoms with Gasteiger partial charge in [-0.15, -0.1) is 0 Å². The van der Waals surface area contributed by atoms with Crippen molar-refractivity contribution in [2.45, 2.75) is 13.3 Å². The molecule has 0 bridgehead atoms. The lowest BCUT2D eigenvalue weighted by Crippen LogP contribution is -2.07. The topological polar surface area (TPSA) is 39.8 Å². The molecule has 0 amide bonds. The van der Waals surface area contributed by atoms with E-state index in [1.807, 2.05) is 18.3 Å². The normalized spacial score (nSPS) is 10.5. The molecular weight excluding hydrogens is 258 g/mol. The van der Waals surface area contributed by atoms with E-state index in [1.54, 1.807) is 0 Å². The highest BCUT2D eigenvalue weighted by atomic mass is 15.1. The van der Waals surface area contributed by atoms with Crippen molar-refractivity contribution in [3.05, 3.63) is 72.7 Å². The number of anilines is 2. The molecule has 0 fully saturated rings. The summed E-state index contributed by atoms with van der Waals surface area (Å²) in [6, 6.07) is 16.6. The maximum atomic E-state index is 4.04. The van der Waals surface area contributed by atoms with Gasteiger partial charge in [0.1, 0.15) is 5.82 Å². The third-order valence-corrected chi connectivity index (χ3v) is 3.53. The highest BCUT2D eigenvalue weighted by Crippen LogP contribution is 2.24. The summed E-state index contributed by atoms with van der Waals surface area (Å²) < 4.78 is 0. The minimum atomic E-state index is 0.754. The van der Waals surface area contributed by atoms with Gasteiger partial charge < -0.3 is 15.6 Å². The Morgan fingerprint density at radius 3 is 2.57 bits per heavy atom. The molecule has 0 aliphatic carbocycles. The monoisotopic (exact) mass is 277 g/mol. The molecule has 0 spiro atoms. The molecule has 106 valence electrons. The van der Waals surface area contributed by atoms with E-state index in [0.717, 1.165) is 34.5 Å². The maximum absolute atomic E-state index is 4.04. The molecule has 2 aromatic carbocycles. The van der Waals surface area contributed by atoms with Gasteiger partial charge in [-0.2, -0.15) is 0 Å². The molecule has 0 unspecified atom stereocenters. The SMILES string of the molecule is C=C(Nc1ccc(CC)cc1)Nc1c[nH]c2ccccc12. The molecule has 0 saturated carbocycles. The van der Waals surface area contributed by atoms with Gasteiger partial charge in [-0.25, -0.2) is 0 Å². The Labute approximate surface area is 124 Å². The van der Waals surface area contributed by atoms with Crippen LogP contribution in [0.15, 0.2) is 67.1 Å². The van der Waals surface area contributed by atoms with Gasteiger partial charge in [0.2, 0.25) is 0 Å². The molecule has 0 saturated heterocycles. The van der Waals surface area contributed by atoms with Crippen molar-refractivity contribution in [3.8, 4) is 0 Å². The predicted octanol–water partition coefficient (Wildman–Crippen LogP) is 4.73. The lowest BCUT2D eigenvalue weighted by Gasteiger charge is -2.12. The Hall–Kier alpha value is -2.68. The lowest BCUT2D eigenvalue weighted by atomic mass is 10.1. The molecular formula is C18H19N3. The number of rotatable bonds is 5. The molecule has 3 nitrogen and oxygen atoms in total. The number of para-hydroxylation sites is 1. The van der Waals surface area contributed by atoms with Crippen LogP contribution < -0.4 is 10.6 Å². The molecule has 21 heavy (non-hydrogen) atoms. The quantitative estimate of drug-likeness (QED) is 0.631. The summed E-state index contributed by atoms with van der Waals surface area (Å²) in [4.78, 5) is 3.24. The van der Waals surface area contributed by atoms with Crippen LogP contribution in [0.25, 0.3) is 10.9 Å². The first-order valence-corrected chi connectivity index (χ1v) is 7.14. The molecule has 0 aliphatic heterocycles. The van der Waals surface area contributed by atoms with Crippen molar-refractivity contribution in [2.75, 3.05) is 10.6 Å². The van der Waals surface area contributed by atoms with E-state index in [4.69, 9.17) is 0 Å². The molecule has 3 aromatic rings. The largest absolute Gasteiger partial charge is 0.359 e. The molecule has 3 heteroatoms. The van der Waals surface area contributed by atoms with E-state index in [9.17, 15) is 0 Å². The zero-order valence-corrected chi connectivity index (χ0v) is 12.1. The summed E-state index contributed by atoms with van der Waals surface area (Å²) in [6.45, 7) is 6.19. The van der Waals surface area contributed by atoms with Crippen molar-refractivity contribution in [3.63, 3.8) is 0 Å². The third-order valence-electron chi connectivity index (χ3n) is 3.53. The number of fused-ring (bicyclic) bond motifs is 1. The average molecular weight is 277 g/mol. The summed E-state index contributed by atoms with van der Waals surface area (Å²) in [6.07, 6.45) is 3.01. The number of H-pyrrole nitrogens is 1. The van der Waals surface area contributed by atoms with Crippen LogP contribution in [0.3, 0.4) is 0 Å². The smallest absolute Gasteiger partial charge is 0.100 e. The highest BCUT2D eigenvalue weighted by Gasteiger charge is 2.03. The zero-order chi connectivity index (χ0) is 14.7. The van der Waals surface area contributed by atoms with E-state index in [0.29, 0.717) is 0 Å². The Morgan fingerprint density at radius 2 is 1.81 bits per heavy atom. The van der Waals surface area contributed by atoms with Gasteiger partial charge >= 0.3 is 0 Å². The van der Waals surface area contributed by atoms with E-state index in [-0.39, 0.29) is 0 Å². The Balaban J connectivity index is 1.71. The van der Waals surface area contributed by atoms with Crippen LogP contribution in [0.2, 0.25) is 0 Å². The van der Waals surface area contributed by atoms with E-state index in [1.165, 1.54) is 5.56 Å². The van der Waals surface area contributed by atoms with E-state index < -0.39 is 0 Å². The van der Waals surface area contributed by atoms with Crippen molar-refractivity contribution < 1.29 is 0 Å². The third kappa shape index (κ3) is 2.92. The first kappa shape index (κ1) is 13.3. The second kappa shape index (κ2) is 5.75. The number of aryl methyl sites for hydroxylation is 1. The van der Waals surface area contributed by atoms with Crippen molar-refractivity contribution in [1.29, 1.82) is 0 Å². The molecule has 3 N–H and O–H groups in total. The number of hydrogen-bond donors (Lipinski definition) is 3. The van der Waals surface area contributed by atoms with E-state index in [2.05, 4.69) is 65.5 Å². The molecule has 3 rings (SSSR count). The van der Waals surface area contributed by atoms with Gasteiger partial charge in [-0.1, -0.05) is 43.8 Å². The van der Waals surface area contributed by atoms with Crippen LogP contribution in [-0.4, -0.2) is 4.98 Å². The highest BCUT2D eigenvalue weighted by molar-refractivity contribution is 5.93. The predicted molar refractivity (Wildman–Crippen MR) is 90.5 cm³/mol. The zero-order valence-electron chi connectivity index (χ0n) is 12.1. The second-order valence-electron chi connectivity index (χ2n) is 5.03. The van der Waals surface area contributed by atoms with Crippen molar-refractivity contribution in [1.82, 2.24) is 4.98 Å².